The quantitative estimate of drug-likeness (QED) is 0.509. The highest BCUT2D eigenvalue weighted by atomic mass is 32.2. The summed E-state index contributed by atoms with van der Waals surface area (Å²) in [5, 5.41) is 11.5. The maximum Gasteiger partial charge on any atom is 0.227 e. The number of aliphatic hydroxyl groups excluding tert-OH is 1. The van der Waals surface area contributed by atoms with Crippen LogP contribution in [-0.2, 0) is 4.79 Å². The van der Waals surface area contributed by atoms with E-state index in [4.69, 9.17) is 17.3 Å². The number of β-lactam (4-membered cyclic amide) rings is 1. The Kier molecular flexibility index (Phi) is 3.49. The molecule has 0 bridgehead atoms. The average Bonchev–Trinajstić information content (AvgIpc) is 2.04. The van der Waals surface area contributed by atoms with Crippen LogP contribution < -0.4 is 5.32 Å². The maximum absolute atomic E-state index is 10.8. The molecule has 1 rings (SSSR count). The molecule has 2 atom stereocenters. The lowest BCUT2D eigenvalue weighted by atomic mass is 9.89. The minimum Gasteiger partial charge on any atom is -0.395 e. The van der Waals surface area contributed by atoms with E-state index in [2.05, 4.69) is 5.32 Å². The van der Waals surface area contributed by atoms with Gasteiger partial charge in [0.25, 0.3) is 0 Å². The number of carbonyl (C=O) groups is 1. The molecule has 1 fully saturated rings. The zero-order chi connectivity index (χ0) is 9.14. The van der Waals surface area contributed by atoms with E-state index in [1.807, 2.05) is 6.26 Å². The minimum atomic E-state index is -0.241. The van der Waals surface area contributed by atoms with Crippen molar-refractivity contribution in [3.05, 3.63) is 0 Å². The van der Waals surface area contributed by atoms with Crippen molar-refractivity contribution >= 4 is 34.1 Å². The molecule has 0 aromatic heterocycles. The number of thiocarbonyl (C=S) groups is 1. The van der Waals surface area contributed by atoms with Crippen molar-refractivity contribution in [1.82, 2.24) is 5.32 Å². The fraction of sp³-hybridized carbons (Fsp3) is 0.714. The Morgan fingerprint density at radius 3 is 2.92 bits per heavy atom. The highest BCUT2D eigenvalue weighted by molar-refractivity contribution is 8.22. The van der Waals surface area contributed by atoms with Crippen LogP contribution in [0.1, 0.15) is 6.42 Å². The van der Waals surface area contributed by atoms with Gasteiger partial charge in [-0.1, -0.05) is 12.2 Å². The van der Waals surface area contributed by atoms with Gasteiger partial charge in [0.1, 0.15) is 0 Å². The molecule has 2 unspecified atom stereocenters. The maximum atomic E-state index is 10.8. The number of nitrogens with one attached hydrogen (secondary N) is 1. The molecule has 1 heterocycles. The molecule has 0 saturated carbocycles. The number of hydrogen-bond acceptors (Lipinski definition) is 4. The first kappa shape index (κ1) is 9.95. The van der Waals surface area contributed by atoms with Crippen LogP contribution in [-0.4, -0.2) is 34.1 Å². The van der Waals surface area contributed by atoms with E-state index < -0.39 is 0 Å². The van der Waals surface area contributed by atoms with Gasteiger partial charge in [0.05, 0.1) is 12.5 Å². The first-order chi connectivity index (χ1) is 5.69. The van der Waals surface area contributed by atoms with E-state index in [1.165, 1.54) is 11.8 Å². The van der Waals surface area contributed by atoms with E-state index in [0.717, 1.165) is 4.20 Å². The zero-order valence-electron chi connectivity index (χ0n) is 6.74. The summed E-state index contributed by atoms with van der Waals surface area (Å²) in [6.45, 7) is -0.0759. The first-order valence-electron chi connectivity index (χ1n) is 3.67. The number of aliphatic hydroxyl groups is 1. The Balaban J connectivity index is 2.36. The summed E-state index contributed by atoms with van der Waals surface area (Å²) in [7, 11) is 0. The SMILES string of the molecule is CSC(=S)CC1NC(=O)C1CO. The van der Waals surface area contributed by atoms with Gasteiger partial charge in [0.2, 0.25) is 5.91 Å². The molecule has 0 radical (unpaired) electrons. The second-order valence-corrected chi connectivity index (χ2v) is 4.34. The monoisotopic (exact) mass is 205 g/mol. The molecule has 1 aliphatic heterocycles. The van der Waals surface area contributed by atoms with Gasteiger partial charge in [-0.05, 0) is 6.26 Å². The number of carbonyl (C=O) groups excluding carboxylic acids is 1. The highest BCUT2D eigenvalue weighted by Crippen LogP contribution is 2.20. The fourth-order valence-electron chi connectivity index (χ4n) is 1.14. The normalized spacial score (nSPS) is 27.7. The van der Waals surface area contributed by atoms with Gasteiger partial charge in [0.15, 0.2) is 0 Å². The molecule has 2 N–H and O–H groups in total. The Morgan fingerprint density at radius 2 is 2.50 bits per heavy atom. The topological polar surface area (TPSA) is 49.3 Å². The molecular weight excluding hydrogens is 194 g/mol. The first-order valence-corrected chi connectivity index (χ1v) is 5.30. The molecule has 1 saturated heterocycles. The number of thioether (sulfide) groups is 1. The standard InChI is InChI=1S/C7H11NO2S2/c1-12-6(11)2-5-4(3-9)7(10)8-5/h4-5,9H,2-3H2,1H3,(H,8,10). The summed E-state index contributed by atoms with van der Waals surface area (Å²) in [6, 6.07) is 0.0578. The van der Waals surface area contributed by atoms with Crippen molar-refractivity contribution in [1.29, 1.82) is 0 Å². The van der Waals surface area contributed by atoms with Crippen molar-refractivity contribution in [3.8, 4) is 0 Å². The summed E-state index contributed by atoms with van der Waals surface area (Å²) >= 11 is 6.52. The largest absolute Gasteiger partial charge is 0.395 e. The molecule has 0 spiro atoms. The Labute approximate surface area is 80.9 Å². The third kappa shape index (κ3) is 1.97. The van der Waals surface area contributed by atoms with Crippen LogP contribution in [0.3, 0.4) is 0 Å². The van der Waals surface area contributed by atoms with Crippen molar-refractivity contribution in [2.24, 2.45) is 5.92 Å². The van der Waals surface area contributed by atoms with Gasteiger partial charge in [-0.2, -0.15) is 0 Å². The lowest BCUT2D eigenvalue weighted by Crippen LogP contribution is -2.59. The summed E-state index contributed by atoms with van der Waals surface area (Å²) in [5.41, 5.74) is 0. The summed E-state index contributed by atoms with van der Waals surface area (Å²) in [5.74, 6) is -0.304. The molecule has 0 aromatic carbocycles. The molecule has 0 aliphatic carbocycles. The van der Waals surface area contributed by atoms with Gasteiger partial charge in [-0.3, -0.25) is 4.79 Å². The second-order valence-electron chi connectivity index (χ2n) is 2.68. The average molecular weight is 205 g/mol. The number of rotatable bonds is 3. The fourth-order valence-corrected chi connectivity index (χ4v) is 1.67. The van der Waals surface area contributed by atoms with Crippen molar-refractivity contribution < 1.29 is 9.90 Å². The van der Waals surface area contributed by atoms with Crippen molar-refractivity contribution in [2.75, 3.05) is 12.9 Å². The predicted molar refractivity (Wildman–Crippen MR) is 53.2 cm³/mol. The van der Waals surface area contributed by atoms with Crippen LogP contribution in [0.2, 0.25) is 0 Å². The highest BCUT2D eigenvalue weighted by Gasteiger charge is 2.38. The summed E-state index contributed by atoms with van der Waals surface area (Å²) in [4.78, 5) is 10.8. The van der Waals surface area contributed by atoms with Crippen LogP contribution in [0, 0.1) is 5.92 Å². The number of hydrogen-bond donors (Lipinski definition) is 2. The van der Waals surface area contributed by atoms with E-state index in [0.29, 0.717) is 6.42 Å². The molecule has 1 amide bonds. The minimum absolute atomic E-state index is 0.0578. The van der Waals surface area contributed by atoms with E-state index in [9.17, 15) is 4.79 Å². The van der Waals surface area contributed by atoms with E-state index >= 15 is 0 Å². The molecule has 3 nitrogen and oxygen atoms in total. The molecule has 12 heavy (non-hydrogen) atoms. The van der Waals surface area contributed by atoms with Gasteiger partial charge in [-0.25, -0.2) is 0 Å². The van der Waals surface area contributed by atoms with Gasteiger partial charge < -0.3 is 10.4 Å². The van der Waals surface area contributed by atoms with E-state index in [1.54, 1.807) is 0 Å². The van der Waals surface area contributed by atoms with Crippen LogP contribution in [0.4, 0.5) is 0 Å². The summed E-state index contributed by atoms with van der Waals surface area (Å²) in [6.07, 6.45) is 2.60. The molecule has 68 valence electrons. The number of amides is 1. The summed E-state index contributed by atoms with van der Waals surface area (Å²) < 4.78 is 0.874. The third-order valence-electron chi connectivity index (χ3n) is 1.96. The molecule has 1 aliphatic rings. The molecule has 5 heteroatoms. The van der Waals surface area contributed by atoms with Gasteiger partial charge in [0, 0.05) is 16.7 Å². The van der Waals surface area contributed by atoms with Crippen LogP contribution in [0.5, 0.6) is 0 Å². The molecular formula is C7H11NO2S2. The molecule has 0 aromatic rings. The van der Waals surface area contributed by atoms with Gasteiger partial charge in [-0.15, -0.1) is 11.8 Å². The van der Waals surface area contributed by atoms with Crippen LogP contribution >= 0.6 is 24.0 Å². The van der Waals surface area contributed by atoms with Crippen molar-refractivity contribution in [2.45, 2.75) is 12.5 Å². The van der Waals surface area contributed by atoms with Crippen LogP contribution in [0.15, 0.2) is 0 Å². The van der Waals surface area contributed by atoms with Crippen LogP contribution in [0.25, 0.3) is 0 Å². The van der Waals surface area contributed by atoms with Gasteiger partial charge >= 0.3 is 0 Å². The smallest absolute Gasteiger partial charge is 0.227 e. The second kappa shape index (κ2) is 4.20. The lowest BCUT2D eigenvalue weighted by Gasteiger charge is -2.35. The Hall–Kier alpha value is -0.130. The van der Waals surface area contributed by atoms with E-state index in [-0.39, 0.29) is 24.5 Å². The third-order valence-corrected chi connectivity index (χ3v) is 3.25. The Morgan fingerprint density at radius 1 is 1.83 bits per heavy atom. The van der Waals surface area contributed by atoms with Crippen molar-refractivity contribution in [3.63, 3.8) is 0 Å². The predicted octanol–water partition coefficient (Wildman–Crippen LogP) is 0.174. The zero-order valence-corrected chi connectivity index (χ0v) is 8.37. The lowest BCUT2D eigenvalue weighted by molar-refractivity contribution is -0.136. The Bertz CT molecular complexity index is 208.